The third-order valence-corrected chi connectivity index (χ3v) is 1.77. The summed E-state index contributed by atoms with van der Waals surface area (Å²) >= 11 is 0. The quantitative estimate of drug-likeness (QED) is 0.665. The molecular weight excluding hydrogens is 174 g/mol. The van der Waals surface area contributed by atoms with Crippen molar-refractivity contribution in [3.05, 3.63) is 42.5 Å². The van der Waals surface area contributed by atoms with Crippen LogP contribution < -0.4 is 0 Å². The number of hydrogen-bond donors (Lipinski definition) is 0. The van der Waals surface area contributed by atoms with Crippen molar-refractivity contribution in [2.75, 3.05) is 13.2 Å². The molecule has 74 valence electrons. The van der Waals surface area contributed by atoms with Crippen molar-refractivity contribution >= 4 is 12.0 Å². The van der Waals surface area contributed by atoms with Crippen LogP contribution in [-0.2, 0) is 4.74 Å². The minimum atomic E-state index is 0.784. The zero-order valence-electron chi connectivity index (χ0n) is 8.44. The second-order valence-electron chi connectivity index (χ2n) is 2.86. The third kappa shape index (κ3) is 3.90. The maximum Gasteiger partial charge on any atom is 0.180 e. The van der Waals surface area contributed by atoms with Crippen molar-refractivity contribution in [1.29, 1.82) is 0 Å². The van der Waals surface area contributed by atoms with Gasteiger partial charge in [0.1, 0.15) is 6.61 Å². The van der Waals surface area contributed by atoms with E-state index < -0.39 is 0 Å². The summed E-state index contributed by atoms with van der Waals surface area (Å²) in [5, 5.41) is 0. The number of nitrogens with zero attached hydrogens (tertiary/aromatic N) is 1. The Bertz CT molecular complexity index is 303. The smallest absolute Gasteiger partial charge is 0.180 e. The molecule has 1 heterocycles. The minimum Gasteiger partial charge on any atom is -0.479 e. The topological polar surface area (TPSA) is 21.6 Å². The van der Waals surface area contributed by atoms with Gasteiger partial charge in [0.15, 0.2) is 5.90 Å². The van der Waals surface area contributed by atoms with E-state index in [0.717, 1.165) is 19.0 Å². The average Bonchev–Trinajstić information content (AvgIpc) is 2.71. The molecule has 0 radical (unpaired) electrons. The fourth-order valence-corrected chi connectivity index (χ4v) is 1.03. The fraction of sp³-hybridized carbons (Fsp3) is 0.250. The molecule has 0 amide bonds. The standard InChI is InChI=1S/C8H8.C4H7NO/c1-2-8-6-4-3-5-7-8;1-4-5-2-3-6-4/h2-7H,1H2;2-3H2,1H3. The minimum absolute atomic E-state index is 0.784. The molecule has 1 aromatic rings. The number of ether oxygens (including phenoxy) is 1. The normalized spacial score (nSPS) is 13.4. The Hall–Kier alpha value is -1.57. The molecule has 0 atom stereocenters. The van der Waals surface area contributed by atoms with Gasteiger partial charge in [-0.2, -0.15) is 0 Å². The highest BCUT2D eigenvalue weighted by atomic mass is 16.5. The van der Waals surface area contributed by atoms with Gasteiger partial charge in [-0.25, -0.2) is 0 Å². The van der Waals surface area contributed by atoms with E-state index in [1.54, 1.807) is 0 Å². The molecule has 0 unspecified atom stereocenters. The molecule has 0 aliphatic carbocycles. The molecule has 1 aromatic carbocycles. The Balaban J connectivity index is 0.000000146. The van der Waals surface area contributed by atoms with Crippen molar-refractivity contribution in [1.82, 2.24) is 0 Å². The first-order chi connectivity index (χ1) is 6.83. The van der Waals surface area contributed by atoms with Crippen LogP contribution >= 0.6 is 0 Å². The molecule has 0 aromatic heterocycles. The molecule has 0 spiro atoms. The van der Waals surface area contributed by atoms with Gasteiger partial charge in [0.2, 0.25) is 0 Å². The molecule has 1 aliphatic rings. The maximum atomic E-state index is 4.90. The highest BCUT2D eigenvalue weighted by Gasteiger charge is 1.96. The molecule has 14 heavy (non-hydrogen) atoms. The number of benzene rings is 1. The highest BCUT2D eigenvalue weighted by Crippen LogP contribution is 1.97. The molecule has 0 saturated carbocycles. The van der Waals surface area contributed by atoms with Gasteiger partial charge in [-0.05, 0) is 5.56 Å². The van der Waals surface area contributed by atoms with Crippen LogP contribution in [0.2, 0.25) is 0 Å². The molecule has 2 nitrogen and oxygen atoms in total. The van der Waals surface area contributed by atoms with E-state index in [-0.39, 0.29) is 0 Å². The van der Waals surface area contributed by atoms with Crippen LogP contribution in [0.4, 0.5) is 0 Å². The van der Waals surface area contributed by atoms with Gasteiger partial charge in [-0.15, -0.1) is 0 Å². The van der Waals surface area contributed by atoms with Crippen molar-refractivity contribution in [3.63, 3.8) is 0 Å². The Labute approximate surface area is 84.9 Å². The van der Waals surface area contributed by atoms with Crippen molar-refractivity contribution in [2.24, 2.45) is 4.99 Å². The fourth-order valence-electron chi connectivity index (χ4n) is 1.03. The van der Waals surface area contributed by atoms with E-state index in [2.05, 4.69) is 11.6 Å². The summed E-state index contributed by atoms with van der Waals surface area (Å²) in [6, 6.07) is 10.0. The van der Waals surface area contributed by atoms with Gasteiger partial charge in [-0.1, -0.05) is 43.0 Å². The molecule has 0 fully saturated rings. The van der Waals surface area contributed by atoms with Gasteiger partial charge in [0.05, 0.1) is 6.54 Å². The molecule has 0 N–H and O–H groups in total. The summed E-state index contributed by atoms with van der Waals surface area (Å²) in [6.07, 6.45) is 1.83. The Morgan fingerprint density at radius 2 is 2.07 bits per heavy atom. The van der Waals surface area contributed by atoms with Crippen LogP contribution in [0, 0.1) is 0 Å². The van der Waals surface area contributed by atoms with Crippen LogP contribution in [0.1, 0.15) is 12.5 Å². The van der Waals surface area contributed by atoms with Crippen molar-refractivity contribution in [3.8, 4) is 0 Å². The lowest BCUT2D eigenvalue weighted by molar-refractivity contribution is 0.345. The molecule has 2 heteroatoms. The zero-order valence-corrected chi connectivity index (χ0v) is 8.44. The first-order valence-corrected chi connectivity index (χ1v) is 4.64. The molecule has 0 bridgehead atoms. The first-order valence-electron chi connectivity index (χ1n) is 4.64. The van der Waals surface area contributed by atoms with Gasteiger partial charge in [0.25, 0.3) is 0 Å². The molecule has 1 aliphatic heterocycles. The zero-order chi connectivity index (χ0) is 10.2. The number of rotatable bonds is 1. The second kappa shape index (κ2) is 5.97. The van der Waals surface area contributed by atoms with Crippen LogP contribution in [0.25, 0.3) is 6.08 Å². The van der Waals surface area contributed by atoms with Gasteiger partial charge >= 0.3 is 0 Å². The summed E-state index contributed by atoms with van der Waals surface area (Å²) in [5.74, 6) is 0.829. The second-order valence-corrected chi connectivity index (χ2v) is 2.86. The largest absolute Gasteiger partial charge is 0.479 e. The van der Waals surface area contributed by atoms with E-state index >= 15 is 0 Å². The van der Waals surface area contributed by atoms with E-state index in [4.69, 9.17) is 4.74 Å². The summed E-state index contributed by atoms with van der Waals surface area (Å²) in [5.41, 5.74) is 1.17. The lowest BCUT2D eigenvalue weighted by atomic mass is 10.2. The maximum absolute atomic E-state index is 4.90. The summed E-state index contributed by atoms with van der Waals surface area (Å²) in [4.78, 5) is 3.93. The molecule has 0 saturated heterocycles. The van der Waals surface area contributed by atoms with E-state index in [1.165, 1.54) is 5.56 Å². The van der Waals surface area contributed by atoms with Gasteiger partial charge < -0.3 is 4.74 Å². The first kappa shape index (κ1) is 10.5. The summed E-state index contributed by atoms with van der Waals surface area (Å²) in [6.45, 7) is 7.14. The SMILES string of the molecule is C=Cc1ccccc1.CC1=NCCO1. The lowest BCUT2D eigenvalue weighted by Gasteiger charge is -1.86. The van der Waals surface area contributed by atoms with E-state index in [9.17, 15) is 0 Å². The Morgan fingerprint density at radius 1 is 1.36 bits per heavy atom. The van der Waals surface area contributed by atoms with E-state index in [0.29, 0.717) is 0 Å². The highest BCUT2D eigenvalue weighted by molar-refractivity contribution is 5.74. The number of aliphatic imine (C=N–C) groups is 1. The van der Waals surface area contributed by atoms with Gasteiger partial charge in [0, 0.05) is 6.92 Å². The van der Waals surface area contributed by atoms with Crippen molar-refractivity contribution in [2.45, 2.75) is 6.92 Å². The predicted molar refractivity (Wildman–Crippen MR) is 60.5 cm³/mol. The monoisotopic (exact) mass is 189 g/mol. The Kier molecular flexibility index (Phi) is 4.48. The number of hydrogen-bond acceptors (Lipinski definition) is 2. The Morgan fingerprint density at radius 3 is 2.36 bits per heavy atom. The lowest BCUT2D eigenvalue weighted by Crippen LogP contribution is -1.89. The molecular formula is C12H15NO. The molecule has 2 rings (SSSR count). The van der Waals surface area contributed by atoms with Crippen LogP contribution in [0.3, 0.4) is 0 Å². The van der Waals surface area contributed by atoms with Crippen LogP contribution in [-0.4, -0.2) is 19.0 Å². The van der Waals surface area contributed by atoms with Gasteiger partial charge in [-0.3, -0.25) is 4.99 Å². The predicted octanol–water partition coefficient (Wildman–Crippen LogP) is 2.76. The third-order valence-electron chi connectivity index (χ3n) is 1.77. The van der Waals surface area contributed by atoms with Crippen LogP contribution in [0.5, 0.6) is 0 Å². The van der Waals surface area contributed by atoms with E-state index in [1.807, 2.05) is 43.3 Å². The summed E-state index contributed by atoms with van der Waals surface area (Å²) in [7, 11) is 0. The van der Waals surface area contributed by atoms with Crippen LogP contribution in [0.15, 0.2) is 41.9 Å². The van der Waals surface area contributed by atoms with Crippen molar-refractivity contribution < 1.29 is 4.74 Å². The summed E-state index contributed by atoms with van der Waals surface area (Å²) < 4.78 is 4.90. The average molecular weight is 189 g/mol.